The average Bonchev–Trinajstić information content (AvgIpc) is 3.23. The predicted octanol–water partition coefficient (Wildman–Crippen LogP) is 4.21. The van der Waals surface area contributed by atoms with E-state index in [1.807, 2.05) is 0 Å². The zero-order valence-electron chi connectivity index (χ0n) is 19.2. The predicted molar refractivity (Wildman–Crippen MR) is 137 cm³/mol. The van der Waals surface area contributed by atoms with Gasteiger partial charge in [0.05, 0.1) is 27.6 Å². The molecule has 0 atom stereocenters. The van der Waals surface area contributed by atoms with E-state index in [-0.39, 0.29) is 31.9 Å². The Hall–Kier alpha value is -3.45. The lowest BCUT2D eigenvalue weighted by Gasteiger charge is -2.13. The molecule has 10 nitrogen and oxygen atoms in total. The van der Waals surface area contributed by atoms with E-state index in [1.54, 1.807) is 0 Å². The summed E-state index contributed by atoms with van der Waals surface area (Å²) in [6.07, 6.45) is 2.89. The molecule has 1 N–H and O–H groups in total. The number of aryl methyl sites for hydroxylation is 1. The molecule has 2 aromatic carbocycles. The van der Waals surface area contributed by atoms with Crippen LogP contribution in [0.5, 0.6) is 0 Å². The summed E-state index contributed by atoms with van der Waals surface area (Å²) in [7, 11) is -5.93. The maximum atomic E-state index is 13.6. The van der Waals surface area contributed by atoms with E-state index in [1.165, 1.54) is 68.0 Å². The molecule has 0 unspecified atom stereocenters. The fourth-order valence-corrected chi connectivity index (χ4v) is 6.68. The van der Waals surface area contributed by atoms with Crippen LogP contribution in [0.15, 0.2) is 81.7 Å². The van der Waals surface area contributed by atoms with E-state index in [9.17, 15) is 21.6 Å². The number of halogens is 2. The number of ether oxygens (including phenoxy) is 1. The Morgan fingerprint density at radius 1 is 0.946 bits per heavy atom. The van der Waals surface area contributed by atoms with Crippen molar-refractivity contribution < 1.29 is 26.4 Å². The van der Waals surface area contributed by atoms with Gasteiger partial charge in [0.15, 0.2) is 5.69 Å². The SMILES string of the molecule is COC(=O)c1c(S(=O)(=O)Nc2ccc(S(=O)(=O)c3ccc(Cl)cc3)cc2Cl)c(-c2ccncc2)nn1C. The smallest absolute Gasteiger partial charge is 0.357 e. The number of carbonyl (C=O) groups excluding carboxylic acids is 1. The van der Waals surface area contributed by atoms with Crippen molar-refractivity contribution in [1.29, 1.82) is 0 Å². The van der Waals surface area contributed by atoms with Gasteiger partial charge in [0, 0.05) is 30.0 Å². The molecule has 0 amide bonds. The first kappa shape index (κ1) is 26.6. The number of carbonyl (C=O) groups is 1. The topological polar surface area (TPSA) is 137 Å². The molecule has 0 fully saturated rings. The summed E-state index contributed by atoms with van der Waals surface area (Å²) in [6.45, 7) is 0. The molecule has 0 bridgehead atoms. The molecule has 0 aliphatic rings. The van der Waals surface area contributed by atoms with Gasteiger partial charge in [0.2, 0.25) is 9.84 Å². The van der Waals surface area contributed by atoms with Gasteiger partial charge in [-0.1, -0.05) is 23.2 Å². The van der Waals surface area contributed by atoms with E-state index in [0.717, 1.165) is 17.9 Å². The van der Waals surface area contributed by atoms with Gasteiger partial charge in [-0.15, -0.1) is 0 Å². The Labute approximate surface area is 222 Å². The standard InChI is InChI=1S/C23H18Cl2N4O6S2/c1-29-21(23(30)35-2)22(20(27-29)14-9-11-26-12-10-14)37(33,34)28-19-8-7-17(13-18(19)25)36(31,32)16-5-3-15(24)4-6-16/h3-13,28H,1-2H3. The third-order valence-corrected chi connectivity index (χ3v) is 8.97. The van der Waals surface area contributed by atoms with E-state index in [2.05, 4.69) is 14.8 Å². The van der Waals surface area contributed by atoms with Crippen LogP contribution in [-0.4, -0.2) is 44.7 Å². The van der Waals surface area contributed by atoms with Crippen molar-refractivity contribution in [2.75, 3.05) is 11.8 Å². The van der Waals surface area contributed by atoms with Gasteiger partial charge in [-0.3, -0.25) is 14.4 Å². The second kappa shape index (κ2) is 10.1. The normalized spacial score (nSPS) is 11.8. The molecule has 0 radical (unpaired) electrons. The summed E-state index contributed by atoms with van der Waals surface area (Å²) in [5.74, 6) is -0.925. The number of sulfonamides is 1. The van der Waals surface area contributed by atoms with E-state index < -0.39 is 30.7 Å². The second-order valence-corrected chi connectivity index (χ2v) is 12.0. The van der Waals surface area contributed by atoms with Crippen molar-refractivity contribution in [3.05, 3.63) is 82.7 Å². The van der Waals surface area contributed by atoms with Crippen molar-refractivity contribution in [2.45, 2.75) is 14.7 Å². The Kier molecular flexibility index (Phi) is 7.29. The zero-order chi connectivity index (χ0) is 27.0. The number of sulfone groups is 1. The highest BCUT2D eigenvalue weighted by atomic mass is 35.5. The summed E-state index contributed by atoms with van der Waals surface area (Å²) in [4.78, 5) is 15.8. The molecule has 2 aromatic heterocycles. The molecule has 4 rings (SSSR count). The fourth-order valence-electron chi connectivity index (χ4n) is 3.47. The number of esters is 1. The van der Waals surface area contributed by atoms with Crippen molar-refractivity contribution in [1.82, 2.24) is 14.8 Å². The number of benzene rings is 2. The van der Waals surface area contributed by atoms with Gasteiger partial charge in [-0.05, 0) is 54.6 Å². The van der Waals surface area contributed by atoms with Crippen molar-refractivity contribution in [3.63, 3.8) is 0 Å². The van der Waals surface area contributed by atoms with E-state index >= 15 is 0 Å². The lowest BCUT2D eigenvalue weighted by molar-refractivity contribution is 0.0583. The zero-order valence-corrected chi connectivity index (χ0v) is 22.4. The van der Waals surface area contributed by atoms with Crippen LogP contribution in [0.25, 0.3) is 11.3 Å². The maximum absolute atomic E-state index is 13.6. The first-order valence-electron chi connectivity index (χ1n) is 10.3. The molecule has 0 aliphatic heterocycles. The molecular formula is C23H18Cl2N4O6S2. The minimum absolute atomic E-state index is 0.0126. The lowest BCUT2D eigenvalue weighted by Crippen LogP contribution is -2.19. The maximum Gasteiger partial charge on any atom is 0.357 e. The van der Waals surface area contributed by atoms with Crippen LogP contribution in [0.2, 0.25) is 10.0 Å². The lowest BCUT2D eigenvalue weighted by atomic mass is 10.2. The number of nitrogens with zero attached hydrogens (tertiary/aromatic N) is 3. The molecule has 0 aliphatic carbocycles. The summed E-state index contributed by atoms with van der Waals surface area (Å²) in [5, 5.41) is 4.40. The number of nitrogens with one attached hydrogen (secondary N) is 1. The highest BCUT2D eigenvalue weighted by molar-refractivity contribution is 7.93. The van der Waals surface area contributed by atoms with Crippen LogP contribution < -0.4 is 4.72 Å². The number of anilines is 1. The van der Waals surface area contributed by atoms with E-state index in [0.29, 0.717) is 10.6 Å². The first-order valence-corrected chi connectivity index (χ1v) is 14.1. The molecule has 2 heterocycles. The van der Waals surface area contributed by atoms with Crippen molar-refractivity contribution in [3.8, 4) is 11.3 Å². The van der Waals surface area contributed by atoms with Crippen LogP contribution in [0.1, 0.15) is 10.5 Å². The summed E-state index contributed by atoms with van der Waals surface area (Å²) < 4.78 is 61.2. The molecule has 192 valence electrons. The quantitative estimate of drug-likeness (QED) is 0.321. The fraction of sp³-hybridized carbons (Fsp3) is 0.0870. The van der Waals surface area contributed by atoms with Gasteiger partial charge in [0.1, 0.15) is 10.6 Å². The van der Waals surface area contributed by atoms with Gasteiger partial charge in [-0.25, -0.2) is 21.6 Å². The molecule has 37 heavy (non-hydrogen) atoms. The number of aromatic nitrogens is 3. The van der Waals surface area contributed by atoms with Crippen molar-refractivity contribution in [2.24, 2.45) is 7.05 Å². The van der Waals surface area contributed by atoms with E-state index in [4.69, 9.17) is 27.9 Å². The molecular weight excluding hydrogens is 563 g/mol. The molecule has 0 saturated carbocycles. The summed E-state index contributed by atoms with van der Waals surface area (Å²) in [6, 6.07) is 12.2. The minimum atomic E-state index is -4.49. The second-order valence-electron chi connectivity index (χ2n) is 7.58. The number of hydrogen-bond acceptors (Lipinski definition) is 8. The van der Waals surface area contributed by atoms with Crippen LogP contribution in [0, 0.1) is 0 Å². The average molecular weight is 581 g/mol. The Morgan fingerprint density at radius 3 is 2.16 bits per heavy atom. The molecule has 14 heteroatoms. The van der Waals surface area contributed by atoms with Crippen LogP contribution in [0.4, 0.5) is 5.69 Å². The summed E-state index contributed by atoms with van der Waals surface area (Å²) >= 11 is 12.1. The van der Waals surface area contributed by atoms with Crippen LogP contribution >= 0.6 is 23.2 Å². The number of rotatable bonds is 7. The monoisotopic (exact) mass is 580 g/mol. The third-order valence-electron chi connectivity index (χ3n) is 5.22. The Balaban J connectivity index is 1.77. The van der Waals surface area contributed by atoms with Crippen molar-refractivity contribution >= 4 is 54.7 Å². The highest BCUT2D eigenvalue weighted by Crippen LogP contribution is 2.34. The number of pyridine rings is 1. The molecule has 0 saturated heterocycles. The highest BCUT2D eigenvalue weighted by Gasteiger charge is 2.33. The number of hydrogen-bond donors (Lipinski definition) is 1. The third kappa shape index (κ3) is 5.18. The number of methoxy groups -OCH3 is 1. The first-order chi connectivity index (χ1) is 17.5. The van der Waals surface area contributed by atoms with Gasteiger partial charge < -0.3 is 4.74 Å². The molecule has 4 aromatic rings. The van der Waals surface area contributed by atoms with Gasteiger partial charge >= 0.3 is 5.97 Å². The Bertz CT molecular complexity index is 1710. The van der Waals surface area contributed by atoms with Crippen LogP contribution in [-0.2, 0) is 31.6 Å². The van der Waals surface area contributed by atoms with Crippen LogP contribution in [0.3, 0.4) is 0 Å². The minimum Gasteiger partial charge on any atom is -0.464 e. The van der Waals surface area contributed by atoms with Gasteiger partial charge in [0.25, 0.3) is 10.0 Å². The molecule has 0 spiro atoms. The summed E-state index contributed by atoms with van der Waals surface area (Å²) in [5.41, 5.74) is -0.0653. The Morgan fingerprint density at radius 2 is 1.57 bits per heavy atom. The van der Waals surface area contributed by atoms with Gasteiger partial charge in [-0.2, -0.15) is 5.10 Å². The largest absolute Gasteiger partial charge is 0.464 e.